The van der Waals surface area contributed by atoms with Crippen molar-refractivity contribution in [2.75, 3.05) is 0 Å². The number of nitrogens with zero attached hydrogens (tertiary/aromatic N) is 1. The van der Waals surface area contributed by atoms with E-state index < -0.39 is 5.82 Å². The van der Waals surface area contributed by atoms with E-state index in [4.69, 9.17) is 0 Å². The van der Waals surface area contributed by atoms with Gasteiger partial charge < -0.3 is 0 Å². The van der Waals surface area contributed by atoms with Gasteiger partial charge in [0.1, 0.15) is 11.5 Å². The van der Waals surface area contributed by atoms with Crippen molar-refractivity contribution in [1.82, 2.24) is 4.98 Å². The van der Waals surface area contributed by atoms with E-state index in [9.17, 15) is 9.18 Å². The van der Waals surface area contributed by atoms with Crippen LogP contribution < -0.4 is 0 Å². The van der Waals surface area contributed by atoms with Crippen LogP contribution in [0, 0.1) is 12.7 Å². The van der Waals surface area contributed by atoms with Gasteiger partial charge in [-0.1, -0.05) is 29.8 Å². The number of benzene rings is 1. The lowest BCUT2D eigenvalue weighted by molar-refractivity contribution is 0.0988. The van der Waals surface area contributed by atoms with Gasteiger partial charge >= 0.3 is 0 Å². The average Bonchev–Trinajstić information content (AvgIpc) is 2.33. The SMILES string of the molecule is Cc1ccc(CC(=O)c2ccc(F)cn2)cc1. The smallest absolute Gasteiger partial charge is 0.185 e. The third kappa shape index (κ3) is 2.97. The van der Waals surface area contributed by atoms with Crippen LogP contribution in [-0.4, -0.2) is 10.8 Å². The summed E-state index contributed by atoms with van der Waals surface area (Å²) in [6.07, 6.45) is 1.35. The summed E-state index contributed by atoms with van der Waals surface area (Å²) >= 11 is 0. The van der Waals surface area contributed by atoms with Crippen LogP contribution >= 0.6 is 0 Å². The van der Waals surface area contributed by atoms with Gasteiger partial charge in [0.05, 0.1) is 6.20 Å². The van der Waals surface area contributed by atoms with E-state index in [-0.39, 0.29) is 5.78 Å². The summed E-state index contributed by atoms with van der Waals surface area (Å²) < 4.78 is 12.6. The number of halogens is 1. The molecular formula is C14H12FNO. The number of carbonyl (C=O) groups is 1. The third-order valence-corrected chi connectivity index (χ3v) is 2.50. The lowest BCUT2D eigenvalue weighted by Gasteiger charge is -2.01. The summed E-state index contributed by atoms with van der Waals surface area (Å²) in [5.74, 6) is -0.536. The van der Waals surface area contributed by atoms with Crippen LogP contribution in [0.1, 0.15) is 21.6 Å². The lowest BCUT2D eigenvalue weighted by Crippen LogP contribution is -2.05. The summed E-state index contributed by atoms with van der Waals surface area (Å²) in [6, 6.07) is 10.4. The maximum absolute atomic E-state index is 12.6. The van der Waals surface area contributed by atoms with E-state index in [0.717, 1.165) is 17.3 Å². The molecule has 1 heterocycles. The van der Waals surface area contributed by atoms with E-state index >= 15 is 0 Å². The van der Waals surface area contributed by atoms with Crippen LogP contribution in [0.25, 0.3) is 0 Å². The maximum atomic E-state index is 12.6. The monoisotopic (exact) mass is 229 g/mol. The number of pyridine rings is 1. The van der Waals surface area contributed by atoms with Crippen molar-refractivity contribution in [3.05, 3.63) is 65.2 Å². The quantitative estimate of drug-likeness (QED) is 0.757. The Morgan fingerprint density at radius 3 is 2.47 bits per heavy atom. The molecule has 0 saturated carbocycles. The van der Waals surface area contributed by atoms with Crippen molar-refractivity contribution in [1.29, 1.82) is 0 Å². The summed E-state index contributed by atoms with van der Waals surface area (Å²) in [5, 5.41) is 0. The standard InChI is InChI=1S/C14H12FNO/c1-10-2-4-11(5-3-10)8-14(17)13-7-6-12(15)9-16-13/h2-7,9H,8H2,1H3. The Morgan fingerprint density at radius 2 is 1.88 bits per heavy atom. The molecule has 17 heavy (non-hydrogen) atoms. The fourth-order valence-corrected chi connectivity index (χ4v) is 1.52. The first-order valence-electron chi connectivity index (χ1n) is 5.35. The molecule has 0 bridgehead atoms. The molecule has 0 aliphatic rings. The van der Waals surface area contributed by atoms with Gasteiger partial charge in [-0.05, 0) is 24.6 Å². The summed E-state index contributed by atoms with van der Waals surface area (Å²) in [5.41, 5.74) is 2.39. The molecule has 2 rings (SSSR count). The summed E-state index contributed by atoms with van der Waals surface area (Å²) in [6.45, 7) is 1.99. The number of aryl methyl sites for hydroxylation is 1. The van der Waals surface area contributed by atoms with E-state index in [1.165, 1.54) is 12.1 Å². The molecule has 0 fully saturated rings. The Hall–Kier alpha value is -2.03. The minimum atomic E-state index is -0.433. The highest BCUT2D eigenvalue weighted by atomic mass is 19.1. The van der Waals surface area contributed by atoms with Gasteiger partial charge in [-0.25, -0.2) is 4.39 Å². The Labute approximate surface area is 99.1 Å². The predicted octanol–water partition coefficient (Wildman–Crippen LogP) is 2.95. The molecular weight excluding hydrogens is 217 g/mol. The molecule has 0 spiro atoms. The zero-order valence-corrected chi connectivity index (χ0v) is 9.48. The molecule has 0 aliphatic carbocycles. The number of aromatic nitrogens is 1. The first kappa shape index (κ1) is 11.5. The van der Waals surface area contributed by atoms with Crippen LogP contribution in [0.2, 0.25) is 0 Å². The lowest BCUT2D eigenvalue weighted by atomic mass is 10.1. The number of Topliss-reactive ketones (excluding diaryl/α,β-unsaturated/α-hetero) is 1. The molecule has 2 nitrogen and oxygen atoms in total. The van der Waals surface area contributed by atoms with Gasteiger partial charge in [-0.15, -0.1) is 0 Å². The molecule has 0 saturated heterocycles. The minimum absolute atomic E-state index is 0.103. The van der Waals surface area contributed by atoms with Gasteiger partial charge in [0.15, 0.2) is 5.78 Å². The molecule has 1 aromatic heterocycles. The second kappa shape index (κ2) is 4.87. The number of hydrogen-bond donors (Lipinski definition) is 0. The molecule has 2 aromatic rings. The fourth-order valence-electron chi connectivity index (χ4n) is 1.52. The Kier molecular flexibility index (Phi) is 3.28. The predicted molar refractivity (Wildman–Crippen MR) is 63.4 cm³/mol. The van der Waals surface area contributed by atoms with Crippen LogP contribution in [0.15, 0.2) is 42.6 Å². The Balaban J connectivity index is 2.11. The summed E-state index contributed by atoms with van der Waals surface area (Å²) in [4.78, 5) is 15.6. The van der Waals surface area contributed by atoms with E-state index in [1.807, 2.05) is 31.2 Å². The normalized spacial score (nSPS) is 10.2. The first-order valence-corrected chi connectivity index (χ1v) is 5.35. The molecule has 0 radical (unpaired) electrons. The highest BCUT2D eigenvalue weighted by molar-refractivity contribution is 5.95. The van der Waals surface area contributed by atoms with Crippen LogP contribution in [0.4, 0.5) is 4.39 Å². The summed E-state index contributed by atoms with van der Waals surface area (Å²) in [7, 11) is 0. The zero-order valence-electron chi connectivity index (χ0n) is 9.48. The average molecular weight is 229 g/mol. The van der Waals surface area contributed by atoms with Crippen LogP contribution in [-0.2, 0) is 6.42 Å². The van der Waals surface area contributed by atoms with E-state index in [1.54, 1.807) is 0 Å². The van der Waals surface area contributed by atoms with Gasteiger partial charge in [-0.3, -0.25) is 9.78 Å². The number of rotatable bonds is 3. The third-order valence-electron chi connectivity index (χ3n) is 2.50. The van der Waals surface area contributed by atoms with Crippen molar-refractivity contribution < 1.29 is 9.18 Å². The molecule has 3 heteroatoms. The first-order chi connectivity index (χ1) is 8.15. The molecule has 0 unspecified atom stereocenters. The molecule has 86 valence electrons. The largest absolute Gasteiger partial charge is 0.292 e. The van der Waals surface area contributed by atoms with Crippen molar-refractivity contribution in [2.24, 2.45) is 0 Å². The fraction of sp³-hybridized carbons (Fsp3) is 0.143. The van der Waals surface area contributed by atoms with Crippen LogP contribution in [0.3, 0.4) is 0 Å². The van der Waals surface area contributed by atoms with E-state index in [0.29, 0.717) is 12.1 Å². The Bertz CT molecular complexity index is 517. The Morgan fingerprint density at radius 1 is 1.18 bits per heavy atom. The van der Waals surface area contributed by atoms with Gasteiger partial charge in [0.2, 0.25) is 0 Å². The van der Waals surface area contributed by atoms with Crippen molar-refractivity contribution in [3.8, 4) is 0 Å². The van der Waals surface area contributed by atoms with E-state index in [2.05, 4.69) is 4.98 Å². The van der Waals surface area contributed by atoms with Crippen molar-refractivity contribution in [3.63, 3.8) is 0 Å². The molecule has 0 aliphatic heterocycles. The highest BCUT2D eigenvalue weighted by Crippen LogP contribution is 2.08. The number of hydrogen-bond acceptors (Lipinski definition) is 2. The van der Waals surface area contributed by atoms with Crippen molar-refractivity contribution in [2.45, 2.75) is 13.3 Å². The van der Waals surface area contributed by atoms with Crippen molar-refractivity contribution >= 4 is 5.78 Å². The van der Waals surface area contributed by atoms with Gasteiger partial charge in [-0.2, -0.15) is 0 Å². The topological polar surface area (TPSA) is 30.0 Å². The molecule has 0 atom stereocenters. The zero-order chi connectivity index (χ0) is 12.3. The second-order valence-corrected chi connectivity index (χ2v) is 3.95. The number of carbonyl (C=O) groups excluding carboxylic acids is 1. The molecule has 1 aromatic carbocycles. The number of ketones is 1. The highest BCUT2D eigenvalue weighted by Gasteiger charge is 2.08. The second-order valence-electron chi connectivity index (χ2n) is 3.95. The molecule has 0 N–H and O–H groups in total. The maximum Gasteiger partial charge on any atom is 0.185 e. The molecule has 0 amide bonds. The van der Waals surface area contributed by atoms with Gasteiger partial charge in [0, 0.05) is 6.42 Å². The van der Waals surface area contributed by atoms with Gasteiger partial charge in [0.25, 0.3) is 0 Å². The van der Waals surface area contributed by atoms with Crippen LogP contribution in [0.5, 0.6) is 0 Å². The minimum Gasteiger partial charge on any atom is -0.292 e.